The smallest absolute Gasteiger partial charge is 0.345 e. The Labute approximate surface area is 113 Å². The number of carbonyl (C=O) groups is 1. The number of halogens is 5. The van der Waals surface area contributed by atoms with Crippen LogP contribution in [0.15, 0.2) is 0 Å². The zero-order valence-corrected chi connectivity index (χ0v) is 10.8. The van der Waals surface area contributed by atoms with Crippen molar-refractivity contribution < 1.29 is 26.7 Å². The second kappa shape index (κ2) is 4.07. The lowest BCUT2D eigenvalue weighted by Crippen LogP contribution is -2.64. The van der Waals surface area contributed by atoms with Crippen LogP contribution in [0.2, 0.25) is 0 Å². The minimum absolute atomic E-state index is 0.362. The molecule has 0 heterocycles. The number of hydrogen-bond acceptors (Lipinski definition) is 1. The molecule has 0 radical (unpaired) electrons. The van der Waals surface area contributed by atoms with Crippen LogP contribution < -0.4 is 5.32 Å². The van der Waals surface area contributed by atoms with Gasteiger partial charge in [-0.25, -0.2) is 0 Å². The second-order valence-electron chi connectivity index (χ2n) is 6.72. The molecule has 1 N–H and O–H groups in total. The maximum atomic E-state index is 13.1. The fourth-order valence-corrected chi connectivity index (χ4v) is 4.71. The summed E-state index contributed by atoms with van der Waals surface area (Å²) in [6, 6.07) is 0. The normalized spacial score (nSPS) is 40.0. The van der Waals surface area contributed by atoms with Crippen molar-refractivity contribution >= 4 is 5.91 Å². The van der Waals surface area contributed by atoms with Crippen LogP contribution in [0.1, 0.15) is 38.5 Å². The lowest BCUT2D eigenvalue weighted by Gasteiger charge is -2.57. The van der Waals surface area contributed by atoms with Crippen molar-refractivity contribution in [2.75, 3.05) is 0 Å². The summed E-state index contributed by atoms with van der Waals surface area (Å²) in [5.74, 6) is -6.41. The van der Waals surface area contributed by atoms with E-state index < -0.39 is 23.5 Å². The van der Waals surface area contributed by atoms with E-state index in [1.54, 1.807) is 0 Å². The van der Waals surface area contributed by atoms with Crippen LogP contribution in [0.4, 0.5) is 22.0 Å². The molecule has 0 aromatic heterocycles. The summed E-state index contributed by atoms with van der Waals surface area (Å²) >= 11 is 0. The van der Waals surface area contributed by atoms with Gasteiger partial charge in [-0.05, 0) is 56.3 Å². The summed E-state index contributed by atoms with van der Waals surface area (Å²) in [5, 5.41) is 2.06. The summed E-state index contributed by atoms with van der Waals surface area (Å²) in [7, 11) is 0. The van der Waals surface area contributed by atoms with E-state index in [4.69, 9.17) is 0 Å². The largest absolute Gasteiger partial charge is 0.463 e. The molecule has 0 saturated heterocycles. The number of carbonyl (C=O) groups excluding carboxylic acids is 1. The van der Waals surface area contributed by atoms with Gasteiger partial charge in [0.05, 0.1) is 0 Å². The first kappa shape index (κ1) is 14.1. The fourth-order valence-electron chi connectivity index (χ4n) is 4.71. The lowest BCUT2D eigenvalue weighted by atomic mass is 9.53. The van der Waals surface area contributed by atoms with Crippen LogP contribution in [-0.2, 0) is 4.79 Å². The van der Waals surface area contributed by atoms with Gasteiger partial charge < -0.3 is 5.32 Å². The van der Waals surface area contributed by atoms with Crippen molar-refractivity contribution in [1.29, 1.82) is 0 Å². The van der Waals surface area contributed by atoms with E-state index >= 15 is 0 Å². The zero-order chi connectivity index (χ0) is 14.8. The van der Waals surface area contributed by atoms with Gasteiger partial charge in [-0.1, -0.05) is 0 Å². The summed E-state index contributed by atoms with van der Waals surface area (Å²) in [5.41, 5.74) is -0.833. The van der Waals surface area contributed by atoms with Gasteiger partial charge in [-0.2, -0.15) is 22.0 Å². The highest BCUT2D eigenvalue weighted by Gasteiger charge is 2.65. The summed E-state index contributed by atoms with van der Waals surface area (Å²) in [6.45, 7) is 0. The van der Waals surface area contributed by atoms with E-state index in [1.807, 2.05) is 0 Å². The molecule has 4 rings (SSSR count). The van der Waals surface area contributed by atoms with Crippen molar-refractivity contribution in [2.45, 2.75) is 56.2 Å². The Hall–Kier alpha value is -0.880. The fraction of sp³-hybridized carbons (Fsp3) is 0.923. The van der Waals surface area contributed by atoms with Crippen LogP contribution in [-0.4, -0.2) is 23.5 Å². The van der Waals surface area contributed by atoms with Crippen LogP contribution in [0.25, 0.3) is 0 Å². The second-order valence-corrected chi connectivity index (χ2v) is 6.72. The number of nitrogens with one attached hydrogen (secondary N) is 1. The molecule has 4 bridgehead atoms. The van der Waals surface area contributed by atoms with Crippen molar-refractivity contribution in [3.05, 3.63) is 0 Å². The topological polar surface area (TPSA) is 29.1 Å². The van der Waals surface area contributed by atoms with Crippen molar-refractivity contribution in [1.82, 2.24) is 5.32 Å². The number of alkyl halides is 5. The third-order valence-corrected chi connectivity index (χ3v) is 5.06. The molecule has 0 unspecified atom stereocenters. The molecule has 0 aromatic carbocycles. The Bertz CT molecular complexity index is 396. The molecule has 0 atom stereocenters. The molecule has 2 nitrogen and oxygen atoms in total. The summed E-state index contributed by atoms with van der Waals surface area (Å²) in [6.07, 6.45) is -1.16. The highest BCUT2D eigenvalue weighted by molar-refractivity contribution is 5.85. The van der Waals surface area contributed by atoms with E-state index in [-0.39, 0.29) is 0 Å². The molecule has 7 heteroatoms. The third-order valence-electron chi connectivity index (χ3n) is 5.06. The SMILES string of the molecule is O=C(NC12CC3CC(CC(C3)C1)C2)C(F)(F)C(F)(F)F. The minimum Gasteiger partial charge on any atom is -0.345 e. The van der Waals surface area contributed by atoms with Gasteiger partial charge in [-0.15, -0.1) is 0 Å². The number of rotatable bonds is 2. The average Bonchev–Trinajstić information content (AvgIpc) is 2.24. The van der Waals surface area contributed by atoms with E-state index in [2.05, 4.69) is 5.32 Å². The van der Waals surface area contributed by atoms with Gasteiger partial charge in [0.2, 0.25) is 0 Å². The standard InChI is InChI=1S/C13H16F5NO/c14-12(15,13(16,17)18)10(20)19-11-4-7-1-8(5-11)3-9(2-7)6-11/h7-9H,1-6H2,(H,19,20). The Morgan fingerprint density at radius 3 is 1.65 bits per heavy atom. The molecule has 1 amide bonds. The number of hydrogen-bond donors (Lipinski definition) is 1. The summed E-state index contributed by atoms with van der Waals surface area (Å²) in [4.78, 5) is 11.4. The predicted molar refractivity (Wildman–Crippen MR) is 60.0 cm³/mol. The molecule has 0 spiro atoms. The van der Waals surface area contributed by atoms with Gasteiger partial charge in [0, 0.05) is 5.54 Å². The maximum Gasteiger partial charge on any atom is 0.463 e. The Kier molecular flexibility index (Phi) is 2.86. The molecule has 0 aliphatic heterocycles. The molecule has 4 saturated carbocycles. The maximum absolute atomic E-state index is 13.1. The van der Waals surface area contributed by atoms with Crippen molar-refractivity contribution in [2.24, 2.45) is 17.8 Å². The molecule has 4 aliphatic carbocycles. The predicted octanol–water partition coefficient (Wildman–Crippen LogP) is 3.27. The Morgan fingerprint density at radius 2 is 1.30 bits per heavy atom. The highest BCUT2D eigenvalue weighted by Crippen LogP contribution is 2.55. The quantitative estimate of drug-likeness (QED) is 0.779. The monoisotopic (exact) mass is 297 g/mol. The van der Waals surface area contributed by atoms with Gasteiger partial charge in [-0.3, -0.25) is 4.79 Å². The first-order valence-corrected chi connectivity index (χ1v) is 6.88. The van der Waals surface area contributed by atoms with Gasteiger partial charge >= 0.3 is 18.0 Å². The van der Waals surface area contributed by atoms with Crippen LogP contribution in [0, 0.1) is 17.8 Å². The zero-order valence-electron chi connectivity index (χ0n) is 10.8. The van der Waals surface area contributed by atoms with E-state index in [1.165, 1.54) is 0 Å². The van der Waals surface area contributed by atoms with Gasteiger partial charge in [0.15, 0.2) is 0 Å². The lowest BCUT2D eigenvalue weighted by molar-refractivity contribution is -0.271. The molecule has 0 aromatic rings. The number of amides is 1. The van der Waals surface area contributed by atoms with Crippen molar-refractivity contribution in [3.8, 4) is 0 Å². The molecular formula is C13H16F5NO. The Morgan fingerprint density at radius 1 is 0.900 bits per heavy atom. The van der Waals surface area contributed by atoms with Crippen LogP contribution >= 0.6 is 0 Å². The minimum atomic E-state index is -5.83. The van der Waals surface area contributed by atoms with Crippen LogP contribution in [0.5, 0.6) is 0 Å². The van der Waals surface area contributed by atoms with Gasteiger partial charge in [0.25, 0.3) is 0 Å². The average molecular weight is 297 g/mol. The van der Waals surface area contributed by atoms with E-state index in [0.717, 1.165) is 19.3 Å². The van der Waals surface area contributed by atoms with Gasteiger partial charge in [0.1, 0.15) is 0 Å². The third kappa shape index (κ3) is 2.09. The van der Waals surface area contributed by atoms with Crippen molar-refractivity contribution in [3.63, 3.8) is 0 Å². The van der Waals surface area contributed by atoms with E-state index in [0.29, 0.717) is 37.0 Å². The first-order chi connectivity index (χ1) is 9.11. The molecule has 20 heavy (non-hydrogen) atoms. The van der Waals surface area contributed by atoms with Crippen LogP contribution in [0.3, 0.4) is 0 Å². The molecule has 4 aliphatic rings. The highest BCUT2D eigenvalue weighted by atomic mass is 19.4. The Balaban J connectivity index is 1.76. The van der Waals surface area contributed by atoms with E-state index in [9.17, 15) is 26.7 Å². The molecule has 114 valence electrons. The molecular weight excluding hydrogens is 281 g/mol. The summed E-state index contributed by atoms with van der Waals surface area (Å²) < 4.78 is 62.8. The first-order valence-electron chi connectivity index (χ1n) is 6.88. The molecule has 4 fully saturated rings.